The Morgan fingerprint density at radius 1 is 1.13 bits per heavy atom. The molecule has 7 nitrogen and oxygen atoms in total. The number of hydrogen-bond donors (Lipinski definition) is 0. The molecule has 1 amide bonds. The molecule has 162 valence electrons. The Morgan fingerprint density at radius 3 is 2.65 bits per heavy atom. The highest BCUT2D eigenvalue weighted by Gasteiger charge is 2.23. The van der Waals surface area contributed by atoms with E-state index >= 15 is 0 Å². The summed E-state index contributed by atoms with van der Waals surface area (Å²) in [5, 5.41) is 4.63. The Balaban J connectivity index is 1.34. The zero-order chi connectivity index (χ0) is 21.8. The molecule has 0 bridgehead atoms. The maximum absolute atomic E-state index is 12.9. The van der Waals surface area contributed by atoms with Crippen molar-refractivity contribution >= 4 is 5.91 Å². The molecule has 0 aliphatic carbocycles. The van der Waals surface area contributed by atoms with E-state index in [1.807, 2.05) is 60.1 Å². The molecule has 3 heterocycles. The fourth-order valence-corrected chi connectivity index (χ4v) is 4.01. The Bertz CT molecular complexity index is 1040. The van der Waals surface area contributed by atoms with Crippen molar-refractivity contribution in [1.82, 2.24) is 24.6 Å². The second-order valence-electron chi connectivity index (χ2n) is 8.04. The summed E-state index contributed by atoms with van der Waals surface area (Å²) < 4.78 is 7.36. The van der Waals surface area contributed by atoms with Crippen LogP contribution in [0, 0.1) is 6.92 Å². The van der Waals surface area contributed by atoms with Gasteiger partial charge >= 0.3 is 0 Å². The van der Waals surface area contributed by atoms with E-state index in [2.05, 4.69) is 21.0 Å². The maximum Gasteiger partial charge on any atom is 0.227 e. The molecule has 0 unspecified atom stereocenters. The van der Waals surface area contributed by atoms with Gasteiger partial charge in [0.15, 0.2) is 0 Å². The number of aryl methyl sites for hydroxylation is 2. The zero-order valence-electron chi connectivity index (χ0n) is 18.4. The van der Waals surface area contributed by atoms with Gasteiger partial charge in [0, 0.05) is 63.3 Å². The molecule has 4 rings (SSSR count). The van der Waals surface area contributed by atoms with Crippen LogP contribution in [-0.4, -0.2) is 63.8 Å². The lowest BCUT2D eigenvalue weighted by Gasteiger charge is -2.34. The van der Waals surface area contributed by atoms with E-state index in [0.717, 1.165) is 66.6 Å². The topological polar surface area (TPSA) is 63.5 Å². The van der Waals surface area contributed by atoms with E-state index in [9.17, 15) is 4.79 Å². The molecule has 7 heteroatoms. The average Bonchev–Trinajstić information content (AvgIpc) is 3.15. The Hall–Kier alpha value is -3.19. The third kappa shape index (κ3) is 4.94. The number of aromatic nitrogens is 3. The highest BCUT2D eigenvalue weighted by atomic mass is 16.5. The molecule has 0 saturated carbocycles. The lowest BCUT2D eigenvalue weighted by atomic mass is 10.1. The minimum atomic E-state index is 0.156. The van der Waals surface area contributed by atoms with E-state index in [1.165, 1.54) is 0 Å². The van der Waals surface area contributed by atoms with Crippen molar-refractivity contribution in [2.24, 2.45) is 7.05 Å². The summed E-state index contributed by atoms with van der Waals surface area (Å²) >= 11 is 0. The number of benzene rings is 1. The quantitative estimate of drug-likeness (QED) is 0.615. The molecule has 0 atom stereocenters. The average molecular weight is 420 g/mol. The van der Waals surface area contributed by atoms with Crippen LogP contribution >= 0.6 is 0 Å². The summed E-state index contributed by atoms with van der Waals surface area (Å²) in [6, 6.07) is 12.0. The fourth-order valence-electron chi connectivity index (χ4n) is 4.01. The van der Waals surface area contributed by atoms with Crippen LogP contribution in [0.1, 0.15) is 16.8 Å². The van der Waals surface area contributed by atoms with Gasteiger partial charge in [0.05, 0.1) is 24.9 Å². The van der Waals surface area contributed by atoms with E-state index in [1.54, 1.807) is 13.3 Å². The number of piperazine rings is 1. The fraction of sp³-hybridized carbons (Fsp3) is 0.375. The normalized spacial score (nSPS) is 14.6. The number of carbonyl (C=O) groups excluding carboxylic acids is 1. The molecule has 31 heavy (non-hydrogen) atoms. The van der Waals surface area contributed by atoms with Gasteiger partial charge in [-0.1, -0.05) is 17.7 Å². The number of hydrogen-bond acceptors (Lipinski definition) is 5. The number of amides is 1. The van der Waals surface area contributed by atoms with Crippen molar-refractivity contribution in [2.75, 3.05) is 33.3 Å². The Morgan fingerprint density at radius 2 is 1.94 bits per heavy atom. The van der Waals surface area contributed by atoms with Gasteiger partial charge < -0.3 is 9.64 Å². The van der Waals surface area contributed by atoms with E-state index in [4.69, 9.17) is 4.74 Å². The second-order valence-corrected chi connectivity index (χ2v) is 8.04. The minimum absolute atomic E-state index is 0.156. The molecule has 0 spiro atoms. The van der Waals surface area contributed by atoms with Crippen LogP contribution in [0.25, 0.3) is 11.3 Å². The van der Waals surface area contributed by atoms with Gasteiger partial charge in [0.1, 0.15) is 5.75 Å². The summed E-state index contributed by atoms with van der Waals surface area (Å²) in [6.07, 6.45) is 3.98. The number of pyridine rings is 1. The summed E-state index contributed by atoms with van der Waals surface area (Å²) in [6.45, 7) is 6.02. The Labute approximate surface area is 183 Å². The van der Waals surface area contributed by atoms with Gasteiger partial charge in [0.2, 0.25) is 5.91 Å². The van der Waals surface area contributed by atoms with Crippen LogP contribution in [0.3, 0.4) is 0 Å². The molecule has 1 aliphatic rings. The van der Waals surface area contributed by atoms with E-state index < -0.39 is 0 Å². The van der Waals surface area contributed by atoms with Gasteiger partial charge in [-0.3, -0.25) is 19.4 Å². The minimum Gasteiger partial charge on any atom is -0.496 e. The molecular formula is C24H29N5O2. The molecule has 1 aliphatic heterocycles. The zero-order valence-corrected chi connectivity index (χ0v) is 18.4. The molecule has 1 fully saturated rings. The largest absolute Gasteiger partial charge is 0.496 e. The molecule has 0 radical (unpaired) electrons. The third-order valence-corrected chi connectivity index (χ3v) is 5.82. The highest BCUT2D eigenvalue weighted by molar-refractivity contribution is 5.79. The highest BCUT2D eigenvalue weighted by Crippen LogP contribution is 2.22. The van der Waals surface area contributed by atoms with Crippen molar-refractivity contribution in [3.05, 3.63) is 65.6 Å². The number of methoxy groups -OCH3 is 1. The van der Waals surface area contributed by atoms with Crippen molar-refractivity contribution in [1.29, 1.82) is 0 Å². The predicted molar refractivity (Wildman–Crippen MR) is 120 cm³/mol. The summed E-state index contributed by atoms with van der Waals surface area (Å²) in [5.41, 5.74) is 5.20. The van der Waals surface area contributed by atoms with E-state index in [-0.39, 0.29) is 5.91 Å². The van der Waals surface area contributed by atoms with Crippen LogP contribution in [0.4, 0.5) is 0 Å². The number of rotatable bonds is 6. The molecule has 0 N–H and O–H groups in total. The van der Waals surface area contributed by atoms with Gasteiger partial charge in [-0.05, 0) is 31.2 Å². The molecule has 1 aromatic carbocycles. The second kappa shape index (κ2) is 9.31. The first-order chi connectivity index (χ1) is 15.0. The lowest BCUT2D eigenvalue weighted by Crippen LogP contribution is -2.48. The Kier molecular flexibility index (Phi) is 6.32. The molecular weight excluding hydrogens is 390 g/mol. The first-order valence-electron chi connectivity index (χ1n) is 10.6. The summed E-state index contributed by atoms with van der Waals surface area (Å²) in [5.74, 6) is 0.932. The molecule has 1 saturated heterocycles. The van der Waals surface area contributed by atoms with Crippen LogP contribution in [0.15, 0.2) is 48.8 Å². The molecule has 2 aromatic heterocycles. The summed E-state index contributed by atoms with van der Waals surface area (Å²) in [4.78, 5) is 21.4. The van der Waals surface area contributed by atoms with Gasteiger partial charge in [0.25, 0.3) is 0 Å². The number of nitrogens with zero attached hydrogens (tertiary/aromatic N) is 5. The van der Waals surface area contributed by atoms with Crippen LogP contribution in [0.5, 0.6) is 5.75 Å². The first-order valence-corrected chi connectivity index (χ1v) is 10.6. The number of ether oxygens (including phenoxy) is 1. The smallest absolute Gasteiger partial charge is 0.227 e. The summed E-state index contributed by atoms with van der Waals surface area (Å²) in [7, 11) is 3.62. The van der Waals surface area contributed by atoms with E-state index in [0.29, 0.717) is 6.42 Å². The first kappa shape index (κ1) is 21.1. The standard InChI is InChI=1S/C24H29N5O2/c1-18-6-7-23(31-3)20(13-18)14-24(30)29-11-9-28(10-12-29)17-21-15-22(26-27(21)2)19-5-4-8-25-16-19/h4-8,13,15-16H,9-12,14,17H2,1-3H3. The van der Waals surface area contributed by atoms with Crippen LogP contribution in [-0.2, 0) is 24.8 Å². The van der Waals surface area contributed by atoms with Crippen LogP contribution in [0.2, 0.25) is 0 Å². The third-order valence-electron chi connectivity index (χ3n) is 5.82. The number of carbonyl (C=O) groups is 1. The lowest BCUT2D eigenvalue weighted by molar-refractivity contribution is -0.132. The predicted octanol–water partition coefficient (Wildman–Crippen LogP) is 2.69. The monoisotopic (exact) mass is 419 g/mol. The van der Waals surface area contributed by atoms with Crippen molar-refractivity contribution in [2.45, 2.75) is 19.9 Å². The van der Waals surface area contributed by atoms with Crippen molar-refractivity contribution in [3.63, 3.8) is 0 Å². The van der Waals surface area contributed by atoms with Gasteiger partial charge in [-0.2, -0.15) is 5.10 Å². The van der Waals surface area contributed by atoms with Gasteiger partial charge in [-0.25, -0.2) is 0 Å². The van der Waals surface area contributed by atoms with Gasteiger partial charge in [-0.15, -0.1) is 0 Å². The van der Waals surface area contributed by atoms with Crippen molar-refractivity contribution in [3.8, 4) is 17.0 Å². The maximum atomic E-state index is 12.9. The van der Waals surface area contributed by atoms with Crippen molar-refractivity contribution < 1.29 is 9.53 Å². The SMILES string of the molecule is COc1ccc(C)cc1CC(=O)N1CCN(Cc2cc(-c3cccnc3)nn2C)CC1. The van der Waals surface area contributed by atoms with Crippen LogP contribution < -0.4 is 4.74 Å². The molecule has 3 aromatic rings.